The van der Waals surface area contributed by atoms with Crippen molar-refractivity contribution >= 4 is 5.91 Å². The Labute approximate surface area is 70.8 Å². The van der Waals surface area contributed by atoms with Gasteiger partial charge in [0.25, 0.3) is 5.91 Å². The summed E-state index contributed by atoms with van der Waals surface area (Å²) in [5, 5.41) is 18.2. The third-order valence-electron chi connectivity index (χ3n) is 2.20. The van der Waals surface area contributed by atoms with Crippen LogP contribution in [-0.2, 0) is 4.79 Å². The molecule has 1 unspecified atom stereocenters. The fourth-order valence-electron chi connectivity index (χ4n) is 1.40. The van der Waals surface area contributed by atoms with Crippen LogP contribution in [0.25, 0.3) is 0 Å². The number of aliphatic hydroxyl groups is 2. The van der Waals surface area contributed by atoms with Crippen molar-refractivity contribution in [3.8, 4) is 0 Å². The number of carbonyl (C=O) groups is 1. The second-order valence-electron chi connectivity index (χ2n) is 3.15. The van der Waals surface area contributed by atoms with Crippen molar-refractivity contribution < 1.29 is 15.0 Å². The van der Waals surface area contributed by atoms with Gasteiger partial charge >= 0.3 is 0 Å². The van der Waals surface area contributed by atoms with Gasteiger partial charge in [0.2, 0.25) is 0 Å². The highest BCUT2D eigenvalue weighted by Gasteiger charge is 2.40. The Kier molecular flexibility index (Phi) is 2.66. The third kappa shape index (κ3) is 1.74. The number of carbonyl (C=O) groups excluding carboxylic acids is 1. The summed E-state index contributed by atoms with van der Waals surface area (Å²) < 4.78 is 0. The Morgan fingerprint density at radius 2 is 2.33 bits per heavy atom. The molecule has 1 rings (SSSR count). The number of nitrogens with two attached hydrogens (primary N) is 1. The maximum Gasteiger partial charge on any atom is 0.250 e. The van der Waals surface area contributed by atoms with Gasteiger partial charge in [-0.1, -0.05) is 0 Å². The van der Waals surface area contributed by atoms with E-state index in [1.54, 1.807) is 0 Å². The van der Waals surface area contributed by atoms with Gasteiger partial charge in [0.05, 0.1) is 6.61 Å². The predicted octanol–water partition coefficient (Wildman–Crippen LogP) is -2.10. The van der Waals surface area contributed by atoms with E-state index < -0.39 is 11.5 Å². The molecule has 5 nitrogen and oxygen atoms in total. The molecule has 1 fully saturated rings. The number of nitrogens with zero attached hydrogens (tertiary/aromatic N) is 1. The van der Waals surface area contributed by atoms with Crippen LogP contribution in [0.3, 0.4) is 0 Å². The van der Waals surface area contributed by atoms with Crippen molar-refractivity contribution in [2.75, 3.05) is 26.2 Å². The zero-order chi connectivity index (χ0) is 9.19. The first-order valence-electron chi connectivity index (χ1n) is 3.94. The van der Waals surface area contributed by atoms with E-state index in [2.05, 4.69) is 0 Å². The summed E-state index contributed by atoms with van der Waals surface area (Å²) >= 11 is 0. The fraction of sp³-hybridized carbons (Fsp3) is 0.857. The molecule has 5 heteroatoms. The lowest BCUT2D eigenvalue weighted by molar-refractivity contribution is -0.134. The third-order valence-corrected chi connectivity index (χ3v) is 2.20. The van der Waals surface area contributed by atoms with Crippen LogP contribution in [0.5, 0.6) is 0 Å². The molecule has 1 aliphatic rings. The molecule has 0 aromatic heterocycles. The molecule has 0 aliphatic carbocycles. The van der Waals surface area contributed by atoms with Gasteiger partial charge in [-0.05, 0) is 6.42 Å². The number of hydrogen-bond donors (Lipinski definition) is 3. The topological polar surface area (TPSA) is 86.8 Å². The van der Waals surface area contributed by atoms with Crippen LogP contribution in [0.15, 0.2) is 0 Å². The number of rotatable bonds is 3. The maximum atomic E-state index is 10.8. The van der Waals surface area contributed by atoms with Crippen LogP contribution in [-0.4, -0.2) is 52.9 Å². The molecule has 12 heavy (non-hydrogen) atoms. The Balaban J connectivity index is 2.49. The lowest BCUT2D eigenvalue weighted by atomic mass is 10.0. The van der Waals surface area contributed by atoms with Crippen molar-refractivity contribution in [2.45, 2.75) is 12.0 Å². The van der Waals surface area contributed by atoms with Gasteiger partial charge in [-0.15, -0.1) is 0 Å². The monoisotopic (exact) mass is 174 g/mol. The molecular formula is C7H14N2O3. The van der Waals surface area contributed by atoms with E-state index >= 15 is 0 Å². The highest BCUT2D eigenvalue weighted by molar-refractivity contribution is 5.83. The fourth-order valence-corrected chi connectivity index (χ4v) is 1.40. The van der Waals surface area contributed by atoms with Crippen molar-refractivity contribution in [3.63, 3.8) is 0 Å². The molecule has 0 aromatic rings. The first-order chi connectivity index (χ1) is 5.58. The molecule has 0 aromatic carbocycles. The zero-order valence-corrected chi connectivity index (χ0v) is 6.86. The summed E-state index contributed by atoms with van der Waals surface area (Å²) in [6.45, 7) is 1.37. The Hall–Kier alpha value is -0.650. The number of amides is 1. The number of hydrogen-bond acceptors (Lipinski definition) is 4. The van der Waals surface area contributed by atoms with Crippen LogP contribution < -0.4 is 5.73 Å². The summed E-state index contributed by atoms with van der Waals surface area (Å²) in [5.74, 6) is -0.678. The number of aliphatic hydroxyl groups excluding tert-OH is 1. The van der Waals surface area contributed by atoms with Gasteiger partial charge in [-0.25, -0.2) is 0 Å². The summed E-state index contributed by atoms with van der Waals surface area (Å²) in [7, 11) is 0. The average molecular weight is 174 g/mol. The van der Waals surface area contributed by atoms with E-state index in [9.17, 15) is 9.90 Å². The highest BCUT2D eigenvalue weighted by atomic mass is 16.3. The van der Waals surface area contributed by atoms with Gasteiger partial charge in [-0.3, -0.25) is 9.69 Å². The Morgan fingerprint density at radius 3 is 2.75 bits per heavy atom. The SMILES string of the molecule is NC(=O)C1(O)CCN(CCO)C1. The first kappa shape index (κ1) is 9.44. The van der Waals surface area contributed by atoms with Crippen molar-refractivity contribution in [2.24, 2.45) is 5.73 Å². The Morgan fingerprint density at radius 1 is 1.67 bits per heavy atom. The number of likely N-dealkylation sites (tertiary alicyclic amines) is 1. The minimum Gasteiger partial charge on any atom is -0.395 e. The summed E-state index contributed by atoms with van der Waals surface area (Å²) in [4.78, 5) is 12.6. The smallest absolute Gasteiger partial charge is 0.250 e. The van der Waals surface area contributed by atoms with Gasteiger partial charge < -0.3 is 15.9 Å². The molecule has 1 saturated heterocycles. The quantitative estimate of drug-likeness (QED) is 0.457. The van der Waals surface area contributed by atoms with Crippen LogP contribution in [0.4, 0.5) is 0 Å². The lowest BCUT2D eigenvalue weighted by Crippen LogP contribution is -2.46. The Bertz CT molecular complexity index is 185. The molecule has 0 spiro atoms. The minimum atomic E-state index is -1.38. The van der Waals surface area contributed by atoms with E-state index in [0.717, 1.165) is 0 Å². The first-order valence-corrected chi connectivity index (χ1v) is 3.94. The largest absolute Gasteiger partial charge is 0.395 e. The van der Waals surface area contributed by atoms with Gasteiger partial charge in [0, 0.05) is 19.6 Å². The molecular weight excluding hydrogens is 160 g/mol. The minimum absolute atomic E-state index is 0.0365. The van der Waals surface area contributed by atoms with Gasteiger partial charge in [0.15, 0.2) is 5.60 Å². The highest BCUT2D eigenvalue weighted by Crippen LogP contribution is 2.19. The van der Waals surface area contributed by atoms with E-state index in [1.807, 2.05) is 4.90 Å². The molecule has 0 saturated carbocycles. The number of β-amino-alcohol motifs (C(OH)–C–C–N with tert-alkyl or cyclic N) is 2. The second kappa shape index (κ2) is 3.38. The van der Waals surface area contributed by atoms with E-state index in [4.69, 9.17) is 10.8 Å². The van der Waals surface area contributed by atoms with Crippen LogP contribution in [0, 0.1) is 0 Å². The summed E-state index contributed by atoms with van der Waals surface area (Å²) in [6, 6.07) is 0. The van der Waals surface area contributed by atoms with Gasteiger partial charge in [0.1, 0.15) is 0 Å². The second-order valence-corrected chi connectivity index (χ2v) is 3.15. The summed E-state index contributed by atoms with van der Waals surface area (Å²) in [6.07, 6.45) is 0.363. The van der Waals surface area contributed by atoms with Crippen molar-refractivity contribution in [1.82, 2.24) is 4.90 Å². The van der Waals surface area contributed by atoms with Crippen LogP contribution >= 0.6 is 0 Å². The average Bonchev–Trinajstić information content (AvgIpc) is 2.34. The molecule has 1 amide bonds. The standard InChI is InChI=1S/C7H14N2O3/c8-6(11)7(12)1-2-9(5-7)3-4-10/h10,12H,1-5H2,(H2,8,11). The molecule has 1 atom stereocenters. The molecule has 1 heterocycles. The molecule has 4 N–H and O–H groups in total. The maximum absolute atomic E-state index is 10.8. The predicted molar refractivity (Wildman–Crippen MR) is 42.3 cm³/mol. The lowest BCUT2D eigenvalue weighted by Gasteiger charge is -2.18. The summed E-state index contributed by atoms with van der Waals surface area (Å²) in [5.41, 5.74) is 3.63. The van der Waals surface area contributed by atoms with E-state index in [0.29, 0.717) is 19.5 Å². The molecule has 0 bridgehead atoms. The van der Waals surface area contributed by atoms with Gasteiger partial charge in [-0.2, -0.15) is 0 Å². The normalized spacial score (nSPS) is 30.8. The molecule has 1 aliphatic heterocycles. The van der Waals surface area contributed by atoms with Crippen molar-refractivity contribution in [1.29, 1.82) is 0 Å². The van der Waals surface area contributed by atoms with Crippen molar-refractivity contribution in [3.05, 3.63) is 0 Å². The van der Waals surface area contributed by atoms with Crippen LogP contribution in [0.2, 0.25) is 0 Å². The molecule has 70 valence electrons. The van der Waals surface area contributed by atoms with E-state index in [1.165, 1.54) is 0 Å². The zero-order valence-electron chi connectivity index (χ0n) is 6.86. The van der Waals surface area contributed by atoms with E-state index in [-0.39, 0.29) is 13.2 Å². The van der Waals surface area contributed by atoms with Crippen LogP contribution in [0.1, 0.15) is 6.42 Å². The molecule has 0 radical (unpaired) electrons. The number of primary amides is 1.